The molecule has 0 spiro atoms. The van der Waals surface area contributed by atoms with Crippen LogP contribution in [0.4, 0.5) is 0 Å². The molecule has 0 bridgehead atoms. The number of benzene rings is 1. The SMILES string of the molecule is C=CCC[C@@H](O)CN(CCN1CCOCC1)Cc1ccc(C)cc1. The van der Waals surface area contributed by atoms with Crippen LogP contribution < -0.4 is 0 Å². The molecule has 1 heterocycles. The van der Waals surface area contributed by atoms with Crippen LogP contribution in [0.5, 0.6) is 0 Å². The van der Waals surface area contributed by atoms with E-state index in [1.54, 1.807) is 0 Å². The van der Waals surface area contributed by atoms with Gasteiger partial charge in [0.2, 0.25) is 0 Å². The molecule has 0 radical (unpaired) electrons. The Balaban J connectivity index is 1.88. The summed E-state index contributed by atoms with van der Waals surface area (Å²) < 4.78 is 5.42. The maximum atomic E-state index is 10.3. The highest BCUT2D eigenvalue weighted by atomic mass is 16.5. The Morgan fingerprint density at radius 2 is 2.00 bits per heavy atom. The van der Waals surface area contributed by atoms with Crippen molar-refractivity contribution in [2.45, 2.75) is 32.4 Å². The summed E-state index contributed by atoms with van der Waals surface area (Å²) in [7, 11) is 0. The molecule has 1 aliphatic rings. The van der Waals surface area contributed by atoms with Crippen molar-refractivity contribution in [3.63, 3.8) is 0 Å². The zero-order chi connectivity index (χ0) is 17.2. The number of ether oxygens (including phenoxy) is 1. The third kappa shape index (κ3) is 7.14. The largest absolute Gasteiger partial charge is 0.392 e. The van der Waals surface area contributed by atoms with Gasteiger partial charge in [-0.05, 0) is 25.3 Å². The molecular weight excluding hydrogens is 300 g/mol. The van der Waals surface area contributed by atoms with Crippen LogP contribution in [0, 0.1) is 6.92 Å². The first kappa shape index (κ1) is 19.1. The quantitative estimate of drug-likeness (QED) is 0.668. The fourth-order valence-electron chi connectivity index (χ4n) is 2.99. The van der Waals surface area contributed by atoms with E-state index in [0.29, 0.717) is 6.54 Å². The van der Waals surface area contributed by atoms with Gasteiger partial charge in [-0.25, -0.2) is 0 Å². The van der Waals surface area contributed by atoms with Gasteiger partial charge in [-0.3, -0.25) is 9.80 Å². The number of rotatable bonds is 10. The number of allylic oxidation sites excluding steroid dienone is 1. The predicted octanol–water partition coefficient (Wildman–Crippen LogP) is 2.46. The summed E-state index contributed by atoms with van der Waals surface area (Å²) >= 11 is 0. The van der Waals surface area contributed by atoms with Crippen molar-refractivity contribution in [3.05, 3.63) is 48.0 Å². The van der Waals surface area contributed by atoms with Gasteiger partial charge in [-0.1, -0.05) is 35.9 Å². The normalized spacial score (nSPS) is 17.1. The Kier molecular flexibility index (Phi) is 8.47. The second kappa shape index (κ2) is 10.6. The molecule has 0 aliphatic carbocycles. The zero-order valence-electron chi connectivity index (χ0n) is 15.0. The molecule has 2 rings (SSSR count). The fourth-order valence-corrected chi connectivity index (χ4v) is 2.99. The monoisotopic (exact) mass is 332 g/mol. The lowest BCUT2D eigenvalue weighted by atomic mass is 10.1. The van der Waals surface area contributed by atoms with Gasteiger partial charge in [-0.15, -0.1) is 6.58 Å². The highest BCUT2D eigenvalue weighted by Gasteiger charge is 2.15. The van der Waals surface area contributed by atoms with E-state index in [-0.39, 0.29) is 6.10 Å². The molecule has 1 fully saturated rings. The van der Waals surface area contributed by atoms with Crippen molar-refractivity contribution in [1.29, 1.82) is 0 Å². The van der Waals surface area contributed by atoms with Crippen molar-refractivity contribution >= 4 is 0 Å². The van der Waals surface area contributed by atoms with Crippen molar-refractivity contribution in [2.75, 3.05) is 45.9 Å². The summed E-state index contributed by atoms with van der Waals surface area (Å²) in [5.74, 6) is 0. The molecule has 1 N–H and O–H groups in total. The molecule has 0 saturated carbocycles. The lowest BCUT2D eigenvalue weighted by Crippen LogP contribution is -2.42. The van der Waals surface area contributed by atoms with Crippen molar-refractivity contribution in [1.82, 2.24) is 9.80 Å². The molecule has 0 amide bonds. The average Bonchev–Trinajstić information content (AvgIpc) is 2.60. The Morgan fingerprint density at radius 3 is 2.67 bits per heavy atom. The highest BCUT2D eigenvalue weighted by molar-refractivity contribution is 5.21. The lowest BCUT2D eigenvalue weighted by molar-refractivity contribution is 0.0288. The Labute approximate surface area is 146 Å². The third-order valence-electron chi connectivity index (χ3n) is 4.54. The number of aliphatic hydroxyl groups excluding tert-OH is 1. The minimum Gasteiger partial charge on any atom is -0.392 e. The summed E-state index contributed by atoms with van der Waals surface area (Å²) in [6.07, 6.45) is 3.23. The van der Waals surface area contributed by atoms with Crippen molar-refractivity contribution < 1.29 is 9.84 Å². The molecule has 1 aromatic carbocycles. The van der Waals surface area contributed by atoms with E-state index in [4.69, 9.17) is 4.74 Å². The van der Waals surface area contributed by atoms with E-state index in [9.17, 15) is 5.11 Å². The summed E-state index contributed by atoms with van der Waals surface area (Å²) in [5.41, 5.74) is 2.59. The maximum absolute atomic E-state index is 10.3. The van der Waals surface area contributed by atoms with Crippen LogP contribution in [-0.4, -0.2) is 66.9 Å². The van der Waals surface area contributed by atoms with Gasteiger partial charge in [0.15, 0.2) is 0 Å². The third-order valence-corrected chi connectivity index (χ3v) is 4.54. The Hall–Kier alpha value is -1.20. The van der Waals surface area contributed by atoms with Crippen LogP contribution in [0.15, 0.2) is 36.9 Å². The van der Waals surface area contributed by atoms with Crippen LogP contribution >= 0.6 is 0 Å². The smallest absolute Gasteiger partial charge is 0.0670 e. The number of hydrogen-bond donors (Lipinski definition) is 1. The second-order valence-corrected chi connectivity index (χ2v) is 6.69. The molecule has 1 aromatic rings. The van der Waals surface area contributed by atoms with Crippen LogP contribution in [-0.2, 0) is 11.3 Å². The van der Waals surface area contributed by atoms with Gasteiger partial charge >= 0.3 is 0 Å². The minimum atomic E-state index is -0.293. The minimum absolute atomic E-state index is 0.293. The molecule has 1 saturated heterocycles. The number of hydrogen-bond acceptors (Lipinski definition) is 4. The van der Waals surface area contributed by atoms with E-state index in [2.05, 4.69) is 47.6 Å². The first-order chi connectivity index (χ1) is 11.7. The van der Waals surface area contributed by atoms with Crippen LogP contribution in [0.25, 0.3) is 0 Å². The molecule has 24 heavy (non-hydrogen) atoms. The molecule has 0 unspecified atom stereocenters. The number of nitrogens with zero attached hydrogens (tertiary/aromatic N) is 2. The topological polar surface area (TPSA) is 35.9 Å². The van der Waals surface area contributed by atoms with E-state index < -0.39 is 0 Å². The fraction of sp³-hybridized carbons (Fsp3) is 0.600. The number of morpholine rings is 1. The first-order valence-corrected chi connectivity index (χ1v) is 9.04. The van der Waals surface area contributed by atoms with Crippen molar-refractivity contribution in [3.8, 4) is 0 Å². The van der Waals surface area contributed by atoms with Gasteiger partial charge in [-0.2, -0.15) is 0 Å². The number of aryl methyl sites for hydroxylation is 1. The lowest BCUT2D eigenvalue weighted by Gasteiger charge is -2.31. The standard InChI is InChI=1S/C20H32N2O2/c1-3-4-5-20(23)17-22(11-10-21-12-14-24-15-13-21)16-19-8-6-18(2)7-9-19/h3,6-9,20,23H,1,4-5,10-17H2,2H3/t20-/m1/s1. The molecule has 4 heteroatoms. The molecule has 4 nitrogen and oxygen atoms in total. The zero-order valence-corrected chi connectivity index (χ0v) is 15.0. The van der Waals surface area contributed by atoms with E-state index in [1.807, 2.05) is 6.08 Å². The average molecular weight is 332 g/mol. The first-order valence-electron chi connectivity index (χ1n) is 9.04. The summed E-state index contributed by atoms with van der Waals surface area (Å²) in [4.78, 5) is 4.82. The highest BCUT2D eigenvalue weighted by Crippen LogP contribution is 2.10. The van der Waals surface area contributed by atoms with E-state index in [1.165, 1.54) is 11.1 Å². The van der Waals surface area contributed by atoms with Gasteiger partial charge in [0.25, 0.3) is 0 Å². The van der Waals surface area contributed by atoms with Crippen LogP contribution in [0.3, 0.4) is 0 Å². The maximum Gasteiger partial charge on any atom is 0.0670 e. The van der Waals surface area contributed by atoms with Gasteiger partial charge in [0.05, 0.1) is 19.3 Å². The molecule has 1 atom stereocenters. The summed E-state index contributed by atoms with van der Waals surface area (Å²) in [6, 6.07) is 8.69. The Morgan fingerprint density at radius 1 is 1.29 bits per heavy atom. The molecular formula is C20H32N2O2. The second-order valence-electron chi connectivity index (χ2n) is 6.69. The van der Waals surface area contributed by atoms with E-state index >= 15 is 0 Å². The van der Waals surface area contributed by atoms with Crippen LogP contribution in [0.2, 0.25) is 0 Å². The molecule has 1 aliphatic heterocycles. The van der Waals surface area contributed by atoms with E-state index in [0.717, 1.165) is 58.8 Å². The summed E-state index contributed by atoms with van der Waals surface area (Å²) in [6.45, 7) is 13.1. The van der Waals surface area contributed by atoms with Gasteiger partial charge in [0.1, 0.15) is 0 Å². The molecule has 0 aromatic heterocycles. The Bertz CT molecular complexity index is 469. The van der Waals surface area contributed by atoms with Crippen LogP contribution in [0.1, 0.15) is 24.0 Å². The summed E-state index contributed by atoms with van der Waals surface area (Å²) in [5, 5.41) is 10.3. The number of aliphatic hydroxyl groups is 1. The molecule has 134 valence electrons. The van der Waals surface area contributed by atoms with Gasteiger partial charge < -0.3 is 9.84 Å². The van der Waals surface area contributed by atoms with Gasteiger partial charge in [0, 0.05) is 39.3 Å². The van der Waals surface area contributed by atoms with Crippen molar-refractivity contribution in [2.24, 2.45) is 0 Å². The predicted molar refractivity (Wildman–Crippen MR) is 99.2 cm³/mol.